The summed E-state index contributed by atoms with van der Waals surface area (Å²) in [5, 5.41) is 4.39. The van der Waals surface area contributed by atoms with Gasteiger partial charge in [-0.2, -0.15) is 5.10 Å². The smallest absolute Gasteiger partial charge is 0.0738 e. The second-order valence-corrected chi connectivity index (χ2v) is 6.25. The lowest BCUT2D eigenvalue weighted by molar-refractivity contribution is 0.559. The van der Waals surface area contributed by atoms with Gasteiger partial charge >= 0.3 is 0 Å². The molecular formula is C16H22BrN3. The van der Waals surface area contributed by atoms with E-state index in [4.69, 9.17) is 5.73 Å². The quantitative estimate of drug-likeness (QED) is 0.888. The van der Waals surface area contributed by atoms with Crippen LogP contribution in [-0.2, 0) is 6.54 Å². The minimum Gasteiger partial charge on any atom is -0.319 e. The summed E-state index contributed by atoms with van der Waals surface area (Å²) in [5.41, 5.74) is 9.93. The summed E-state index contributed by atoms with van der Waals surface area (Å²) < 4.78 is 2.97. The highest BCUT2D eigenvalue weighted by atomic mass is 79.9. The van der Waals surface area contributed by atoms with Crippen LogP contribution in [0.2, 0.25) is 0 Å². The van der Waals surface area contributed by atoms with E-state index in [2.05, 4.69) is 66.1 Å². The second-order valence-electron chi connectivity index (χ2n) is 5.40. The number of aromatic nitrogens is 2. The average molecular weight is 336 g/mol. The highest BCUT2D eigenvalue weighted by Crippen LogP contribution is 2.28. The SMILES string of the molecule is CCCn1ncc(Br)c1C(N)c1ccc(C(C)C)cc1. The lowest BCUT2D eigenvalue weighted by Gasteiger charge is -2.16. The molecule has 0 spiro atoms. The lowest BCUT2D eigenvalue weighted by atomic mass is 9.98. The van der Waals surface area contributed by atoms with Crippen LogP contribution < -0.4 is 5.73 Å². The standard InChI is InChI=1S/C16H22BrN3/c1-4-9-20-16(14(17)10-19-20)15(18)13-7-5-12(6-8-13)11(2)3/h5-8,10-11,15H,4,9,18H2,1-3H3. The van der Waals surface area contributed by atoms with Crippen LogP contribution in [0.5, 0.6) is 0 Å². The van der Waals surface area contributed by atoms with Crippen LogP contribution in [0.25, 0.3) is 0 Å². The van der Waals surface area contributed by atoms with Gasteiger partial charge in [0.15, 0.2) is 0 Å². The third-order valence-corrected chi connectivity index (χ3v) is 4.14. The predicted molar refractivity (Wildman–Crippen MR) is 86.8 cm³/mol. The van der Waals surface area contributed by atoms with Crippen molar-refractivity contribution in [2.24, 2.45) is 5.73 Å². The van der Waals surface area contributed by atoms with E-state index in [1.165, 1.54) is 5.56 Å². The molecular weight excluding hydrogens is 314 g/mol. The Morgan fingerprint density at radius 1 is 1.20 bits per heavy atom. The molecule has 1 aromatic carbocycles. The Balaban J connectivity index is 2.31. The summed E-state index contributed by atoms with van der Waals surface area (Å²) in [4.78, 5) is 0. The normalized spacial score (nSPS) is 12.9. The van der Waals surface area contributed by atoms with Crippen molar-refractivity contribution in [2.75, 3.05) is 0 Å². The van der Waals surface area contributed by atoms with Gasteiger partial charge in [-0.15, -0.1) is 0 Å². The largest absolute Gasteiger partial charge is 0.319 e. The van der Waals surface area contributed by atoms with Gasteiger partial charge < -0.3 is 5.73 Å². The first-order valence-electron chi connectivity index (χ1n) is 7.11. The topological polar surface area (TPSA) is 43.8 Å². The van der Waals surface area contributed by atoms with Crippen molar-refractivity contribution in [3.63, 3.8) is 0 Å². The summed E-state index contributed by atoms with van der Waals surface area (Å²) in [6, 6.07) is 8.41. The monoisotopic (exact) mass is 335 g/mol. The molecule has 0 amide bonds. The first kappa shape index (κ1) is 15.3. The third kappa shape index (κ3) is 3.13. The summed E-state index contributed by atoms with van der Waals surface area (Å²) in [5.74, 6) is 0.539. The average Bonchev–Trinajstić information content (AvgIpc) is 2.79. The Bertz CT molecular complexity index is 558. The molecule has 0 bridgehead atoms. The van der Waals surface area contributed by atoms with E-state index in [0.717, 1.165) is 28.7 Å². The molecule has 0 fully saturated rings. The van der Waals surface area contributed by atoms with E-state index in [0.29, 0.717) is 5.92 Å². The first-order valence-corrected chi connectivity index (χ1v) is 7.90. The van der Waals surface area contributed by atoms with Gasteiger partial charge in [-0.3, -0.25) is 4.68 Å². The van der Waals surface area contributed by atoms with Gasteiger partial charge in [0.2, 0.25) is 0 Å². The molecule has 0 saturated carbocycles. The van der Waals surface area contributed by atoms with E-state index >= 15 is 0 Å². The van der Waals surface area contributed by atoms with Crippen molar-refractivity contribution in [1.29, 1.82) is 0 Å². The fourth-order valence-corrected chi connectivity index (χ4v) is 2.86. The van der Waals surface area contributed by atoms with Crippen LogP contribution >= 0.6 is 15.9 Å². The molecule has 0 aliphatic heterocycles. The molecule has 2 rings (SSSR count). The molecule has 4 heteroatoms. The summed E-state index contributed by atoms with van der Waals surface area (Å²) in [7, 11) is 0. The van der Waals surface area contributed by atoms with Gasteiger partial charge in [-0.1, -0.05) is 45.0 Å². The molecule has 1 heterocycles. The fraction of sp³-hybridized carbons (Fsp3) is 0.438. The zero-order chi connectivity index (χ0) is 14.7. The maximum absolute atomic E-state index is 6.43. The van der Waals surface area contributed by atoms with Gasteiger partial charge in [0.05, 0.1) is 22.4 Å². The maximum atomic E-state index is 6.43. The molecule has 1 atom stereocenters. The molecule has 0 radical (unpaired) electrons. The van der Waals surface area contributed by atoms with Crippen LogP contribution in [0.3, 0.4) is 0 Å². The van der Waals surface area contributed by atoms with Crippen molar-refractivity contribution in [2.45, 2.75) is 45.7 Å². The van der Waals surface area contributed by atoms with Gasteiger partial charge in [0.1, 0.15) is 0 Å². The zero-order valence-electron chi connectivity index (χ0n) is 12.3. The first-order chi connectivity index (χ1) is 9.54. The van der Waals surface area contributed by atoms with Gasteiger partial charge in [-0.05, 0) is 39.4 Å². The van der Waals surface area contributed by atoms with E-state index in [-0.39, 0.29) is 6.04 Å². The van der Waals surface area contributed by atoms with Crippen molar-refractivity contribution < 1.29 is 0 Å². The fourth-order valence-electron chi connectivity index (χ4n) is 2.32. The second kappa shape index (κ2) is 6.55. The molecule has 0 aliphatic rings. The molecule has 0 aliphatic carbocycles. The van der Waals surface area contributed by atoms with Crippen LogP contribution in [0.1, 0.15) is 56.0 Å². The van der Waals surface area contributed by atoms with Crippen molar-refractivity contribution in [3.8, 4) is 0 Å². The Morgan fingerprint density at radius 2 is 1.80 bits per heavy atom. The summed E-state index contributed by atoms with van der Waals surface area (Å²) in [6.45, 7) is 7.42. The van der Waals surface area contributed by atoms with Crippen molar-refractivity contribution >= 4 is 15.9 Å². The van der Waals surface area contributed by atoms with Gasteiger partial charge in [-0.25, -0.2) is 0 Å². The number of hydrogen-bond acceptors (Lipinski definition) is 2. The minimum atomic E-state index is -0.153. The number of aryl methyl sites for hydroxylation is 1. The van der Waals surface area contributed by atoms with Crippen LogP contribution in [0, 0.1) is 0 Å². The molecule has 1 unspecified atom stereocenters. The van der Waals surface area contributed by atoms with Gasteiger partial charge in [0.25, 0.3) is 0 Å². The zero-order valence-corrected chi connectivity index (χ0v) is 13.9. The number of hydrogen-bond donors (Lipinski definition) is 1. The van der Waals surface area contributed by atoms with Crippen LogP contribution in [0.15, 0.2) is 34.9 Å². The molecule has 20 heavy (non-hydrogen) atoms. The highest BCUT2D eigenvalue weighted by Gasteiger charge is 2.18. The summed E-state index contributed by atoms with van der Waals surface area (Å²) in [6.07, 6.45) is 2.87. The molecule has 108 valence electrons. The van der Waals surface area contributed by atoms with Crippen molar-refractivity contribution in [1.82, 2.24) is 9.78 Å². The Morgan fingerprint density at radius 3 is 2.35 bits per heavy atom. The number of rotatable bonds is 5. The highest BCUT2D eigenvalue weighted by molar-refractivity contribution is 9.10. The lowest BCUT2D eigenvalue weighted by Crippen LogP contribution is -2.18. The predicted octanol–water partition coefficient (Wildman–Crippen LogP) is 4.23. The number of halogens is 1. The van der Waals surface area contributed by atoms with Gasteiger partial charge in [0, 0.05) is 6.54 Å². The van der Waals surface area contributed by atoms with E-state index in [1.807, 2.05) is 10.9 Å². The van der Waals surface area contributed by atoms with Crippen LogP contribution in [0.4, 0.5) is 0 Å². The van der Waals surface area contributed by atoms with E-state index < -0.39 is 0 Å². The molecule has 0 saturated heterocycles. The molecule has 2 aromatic rings. The Hall–Kier alpha value is -1.13. The number of nitrogens with two attached hydrogens (primary N) is 1. The minimum absolute atomic E-state index is 0.153. The molecule has 3 nitrogen and oxygen atoms in total. The Labute approximate surface area is 129 Å². The Kier molecular flexibility index (Phi) is 5.00. The molecule has 1 aromatic heterocycles. The summed E-state index contributed by atoms with van der Waals surface area (Å²) >= 11 is 3.56. The maximum Gasteiger partial charge on any atom is 0.0738 e. The van der Waals surface area contributed by atoms with Crippen molar-refractivity contribution in [3.05, 3.63) is 51.8 Å². The number of benzene rings is 1. The van der Waals surface area contributed by atoms with E-state index in [1.54, 1.807) is 0 Å². The third-order valence-electron chi connectivity index (χ3n) is 3.53. The van der Waals surface area contributed by atoms with E-state index in [9.17, 15) is 0 Å². The molecule has 2 N–H and O–H groups in total. The van der Waals surface area contributed by atoms with Crippen LogP contribution in [-0.4, -0.2) is 9.78 Å². The number of nitrogens with zero attached hydrogens (tertiary/aromatic N) is 2.